The summed E-state index contributed by atoms with van der Waals surface area (Å²) in [6.45, 7) is 6.00. The lowest BCUT2D eigenvalue weighted by Crippen LogP contribution is -2.12. The normalized spacial score (nSPS) is 11.7. The standard InChI is InChI=1S/C19H22IN3O3/c1-19(2,3)13-10-12(8-9-17(24)26-20)11-16(18(13)25)23-22-15-7-5-4-6-14(15)21/h4-7,10-11,25H,8-9,21H2,1-3H3. The number of hydrogen-bond acceptors (Lipinski definition) is 6. The van der Waals surface area contributed by atoms with E-state index >= 15 is 0 Å². The number of benzene rings is 2. The van der Waals surface area contributed by atoms with Crippen LogP contribution < -0.4 is 5.73 Å². The van der Waals surface area contributed by atoms with Gasteiger partial charge in [0.2, 0.25) is 0 Å². The molecule has 0 atom stereocenters. The van der Waals surface area contributed by atoms with Gasteiger partial charge in [0.25, 0.3) is 0 Å². The van der Waals surface area contributed by atoms with Gasteiger partial charge in [0.1, 0.15) is 17.1 Å². The van der Waals surface area contributed by atoms with E-state index in [1.165, 1.54) is 0 Å². The number of rotatable bonds is 5. The first-order valence-corrected chi connectivity index (χ1v) is 9.04. The Morgan fingerprint density at radius 3 is 2.46 bits per heavy atom. The van der Waals surface area contributed by atoms with E-state index in [2.05, 4.69) is 13.3 Å². The number of nitrogen functional groups attached to an aromatic ring is 1. The van der Waals surface area contributed by atoms with Crippen molar-refractivity contribution in [1.82, 2.24) is 0 Å². The summed E-state index contributed by atoms with van der Waals surface area (Å²) in [7, 11) is 0. The molecule has 138 valence electrons. The summed E-state index contributed by atoms with van der Waals surface area (Å²) in [6, 6.07) is 10.7. The third-order valence-electron chi connectivity index (χ3n) is 3.86. The molecule has 0 fully saturated rings. The maximum atomic E-state index is 11.4. The highest BCUT2D eigenvalue weighted by atomic mass is 127. The van der Waals surface area contributed by atoms with Gasteiger partial charge in [-0.1, -0.05) is 39.0 Å². The molecule has 0 spiro atoms. The van der Waals surface area contributed by atoms with Crippen molar-refractivity contribution in [3.05, 3.63) is 47.5 Å². The Morgan fingerprint density at radius 1 is 1.19 bits per heavy atom. The Kier molecular flexibility index (Phi) is 6.57. The first-order valence-electron chi connectivity index (χ1n) is 8.16. The highest BCUT2D eigenvalue weighted by molar-refractivity contribution is 14.1. The van der Waals surface area contributed by atoms with E-state index < -0.39 is 0 Å². The highest BCUT2D eigenvalue weighted by Crippen LogP contribution is 2.40. The summed E-state index contributed by atoms with van der Waals surface area (Å²) in [6.07, 6.45) is 0.737. The molecular weight excluding hydrogens is 445 g/mol. The molecule has 26 heavy (non-hydrogen) atoms. The third-order valence-corrected chi connectivity index (χ3v) is 4.35. The van der Waals surface area contributed by atoms with Crippen LogP contribution >= 0.6 is 23.0 Å². The maximum Gasteiger partial charge on any atom is 0.315 e. The first kappa shape index (κ1) is 20.2. The average Bonchev–Trinajstić information content (AvgIpc) is 2.59. The number of halogens is 1. The number of azo groups is 1. The van der Waals surface area contributed by atoms with Crippen molar-refractivity contribution in [3.63, 3.8) is 0 Å². The molecule has 0 amide bonds. The molecule has 0 aliphatic carbocycles. The number of aromatic hydroxyl groups is 1. The Balaban J connectivity index is 2.43. The van der Waals surface area contributed by atoms with Gasteiger partial charge < -0.3 is 13.9 Å². The van der Waals surface area contributed by atoms with Crippen LogP contribution in [0, 0.1) is 0 Å². The van der Waals surface area contributed by atoms with Crippen molar-refractivity contribution in [1.29, 1.82) is 0 Å². The van der Waals surface area contributed by atoms with Crippen molar-refractivity contribution < 1.29 is 13.0 Å². The fraction of sp³-hybridized carbons (Fsp3) is 0.316. The average molecular weight is 467 g/mol. The number of carbonyl (C=O) groups excluding carboxylic acids is 1. The molecule has 2 rings (SSSR count). The molecule has 0 saturated heterocycles. The maximum absolute atomic E-state index is 11.4. The number of anilines is 1. The van der Waals surface area contributed by atoms with Crippen LogP contribution in [0.5, 0.6) is 5.75 Å². The van der Waals surface area contributed by atoms with Crippen LogP contribution in [0.3, 0.4) is 0 Å². The zero-order valence-electron chi connectivity index (χ0n) is 15.0. The minimum atomic E-state index is -0.295. The first-order chi connectivity index (χ1) is 12.2. The minimum Gasteiger partial charge on any atom is -0.505 e. The number of phenolic OH excluding ortho intramolecular Hbond substituents is 1. The van der Waals surface area contributed by atoms with Gasteiger partial charge in [0.05, 0.1) is 12.1 Å². The summed E-state index contributed by atoms with van der Waals surface area (Å²) in [5, 5.41) is 19.0. The van der Waals surface area contributed by atoms with Gasteiger partial charge in [-0.05, 0) is 35.6 Å². The van der Waals surface area contributed by atoms with Crippen molar-refractivity contribution in [2.24, 2.45) is 10.2 Å². The van der Waals surface area contributed by atoms with E-state index in [4.69, 9.17) is 5.73 Å². The largest absolute Gasteiger partial charge is 0.505 e. The topological polar surface area (TPSA) is 97.3 Å². The van der Waals surface area contributed by atoms with E-state index in [9.17, 15) is 9.90 Å². The van der Waals surface area contributed by atoms with Crippen LogP contribution in [-0.4, -0.2) is 11.1 Å². The number of carbonyl (C=O) groups is 1. The van der Waals surface area contributed by atoms with Crippen molar-refractivity contribution in [2.45, 2.75) is 39.0 Å². The summed E-state index contributed by atoms with van der Waals surface area (Å²) < 4.78 is 4.67. The lowest BCUT2D eigenvalue weighted by molar-refractivity contribution is -0.131. The zero-order valence-corrected chi connectivity index (χ0v) is 17.1. The number of phenols is 1. The van der Waals surface area contributed by atoms with Crippen LogP contribution in [0.15, 0.2) is 46.6 Å². The van der Waals surface area contributed by atoms with Gasteiger partial charge in [0.15, 0.2) is 23.0 Å². The van der Waals surface area contributed by atoms with Gasteiger partial charge >= 0.3 is 5.97 Å². The van der Waals surface area contributed by atoms with Crippen LogP contribution in [0.2, 0.25) is 0 Å². The number of nitrogens with zero attached hydrogens (tertiary/aromatic N) is 2. The molecule has 2 aromatic carbocycles. The van der Waals surface area contributed by atoms with Gasteiger partial charge in [-0.3, -0.25) is 4.79 Å². The van der Waals surface area contributed by atoms with Crippen LogP contribution in [0.25, 0.3) is 0 Å². The lowest BCUT2D eigenvalue weighted by Gasteiger charge is -2.22. The van der Waals surface area contributed by atoms with Crippen LogP contribution in [0.4, 0.5) is 17.1 Å². The molecule has 0 aliphatic rings. The summed E-state index contributed by atoms with van der Waals surface area (Å²) >= 11 is 1.58. The predicted octanol–water partition coefficient (Wildman–Crippen LogP) is 5.51. The van der Waals surface area contributed by atoms with E-state index in [-0.39, 0.29) is 23.6 Å². The molecule has 3 N–H and O–H groups in total. The second kappa shape index (κ2) is 8.48. The Morgan fingerprint density at radius 2 is 1.85 bits per heavy atom. The van der Waals surface area contributed by atoms with E-state index in [1.807, 2.05) is 39.0 Å². The third kappa shape index (κ3) is 5.17. The molecular formula is C19H22IN3O3. The minimum absolute atomic E-state index is 0.0796. The fourth-order valence-corrected chi connectivity index (χ4v) is 2.66. The van der Waals surface area contributed by atoms with Gasteiger partial charge in [0, 0.05) is 5.56 Å². The summed E-state index contributed by atoms with van der Waals surface area (Å²) in [5.41, 5.74) is 8.59. The van der Waals surface area contributed by atoms with Crippen LogP contribution in [0.1, 0.15) is 38.3 Å². The molecule has 0 aliphatic heterocycles. The Hall–Kier alpha value is -2.16. The molecule has 2 aromatic rings. The molecule has 0 bridgehead atoms. The molecule has 0 saturated carbocycles. The van der Waals surface area contributed by atoms with Gasteiger partial charge in [-0.15, -0.1) is 10.2 Å². The van der Waals surface area contributed by atoms with Gasteiger partial charge in [-0.2, -0.15) is 0 Å². The van der Waals surface area contributed by atoms with Gasteiger partial charge in [-0.25, -0.2) is 0 Å². The lowest BCUT2D eigenvalue weighted by atomic mass is 9.84. The highest BCUT2D eigenvalue weighted by Gasteiger charge is 2.22. The number of aryl methyl sites for hydroxylation is 1. The Labute approximate surface area is 167 Å². The monoisotopic (exact) mass is 467 g/mol. The van der Waals surface area contributed by atoms with E-state index in [0.29, 0.717) is 23.5 Å². The second-order valence-electron chi connectivity index (χ2n) is 6.97. The molecule has 0 radical (unpaired) electrons. The number of hydrogen-bond donors (Lipinski definition) is 2. The van der Waals surface area contributed by atoms with Crippen LogP contribution in [-0.2, 0) is 19.7 Å². The number of para-hydroxylation sites is 1. The van der Waals surface area contributed by atoms with Crippen molar-refractivity contribution in [3.8, 4) is 5.75 Å². The summed E-state index contributed by atoms with van der Waals surface area (Å²) in [4.78, 5) is 11.4. The fourth-order valence-electron chi connectivity index (χ4n) is 2.44. The smallest absolute Gasteiger partial charge is 0.315 e. The van der Waals surface area contributed by atoms with Crippen molar-refractivity contribution >= 4 is 46.0 Å². The number of nitrogens with two attached hydrogens (primary N) is 1. The SMILES string of the molecule is CC(C)(C)c1cc(CCC(=O)OI)cc(N=Nc2ccccc2N)c1O. The zero-order chi connectivity index (χ0) is 19.3. The molecule has 0 heterocycles. The quantitative estimate of drug-likeness (QED) is 0.344. The molecule has 7 heteroatoms. The van der Waals surface area contributed by atoms with Crippen molar-refractivity contribution in [2.75, 3.05) is 5.73 Å². The molecule has 0 aromatic heterocycles. The molecule has 0 unspecified atom stereocenters. The van der Waals surface area contributed by atoms with E-state index in [0.717, 1.165) is 11.1 Å². The second-order valence-corrected chi connectivity index (χ2v) is 7.41. The predicted molar refractivity (Wildman–Crippen MR) is 110 cm³/mol. The van der Waals surface area contributed by atoms with E-state index in [1.54, 1.807) is 41.2 Å². The Bertz CT molecular complexity index is 829. The molecule has 6 nitrogen and oxygen atoms in total. The summed E-state index contributed by atoms with van der Waals surface area (Å²) in [5.74, 6) is -0.216.